The minimum Gasteiger partial charge on any atom is -0.481 e. The van der Waals surface area contributed by atoms with Crippen molar-refractivity contribution in [1.29, 1.82) is 0 Å². The fourth-order valence-electron chi connectivity index (χ4n) is 4.13. The van der Waals surface area contributed by atoms with E-state index in [1.165, 1.54) is 89.9 Å². The van der Waals surface area contributed by atoms with Crippen LogP contribution in [-0.2, 0) is 14.3 Å². The summed E-state index contributed by atoms with van der Waals surface area (Å²) >= 11 is 0. The van der Waals surface area contributed by atoms with Crippen molar-refractivity contribution < 1.29 is 19.4 Å². The van der Waals surface area contributed by atoms with Gasteiger partial charge in [0.15, 0.2) is 0 Å². The van der Waals surface area contributed by atoms with Crippen molar-refractivity contribution >= 4 is 11.9 Å². The Balaban J connectivity index is 0. The molecule has 0 fully saturated rings. The highest BCUT2D eigenvalue weighted by molar-refractivity contribution is 5.76. The van der Waals surface area contributed by atoms with E-state index < -0.39 is 5.97 Å². The SMILES string of the molecule is CCCC.CCCCCCCCCCCCCCC(CC)(CCCC)COC(=O)CCC(=O)O. The molecule has 0 aliphatic rings. The molecular formula is C30H60O4. The first-order valence-corrected chi connectivity index (χ1v) is 14.8. The molecule has 0 saturated heterocycles. The van der Waals surface area contributed by atoms with Crippen molar-refractivity contribution in [3.8, 4) is 0 Å². The summed E-state index contributed by atoms with van der Waals surface area (Å²) < 4.78 is 5.50. The van der Waals surface area contributed by atoms with E-state index in [4.69, 9.17) is 9.84 Å². The van der Waals surface area contributed by atoms with Crippen LogP contribution in [0.4, 0.5) is 0 Å². The van der Waals surface area contributed by atoms with Crippen LogP contribution in [0.5, 0.6) is 0 Å². The molecule has 0 heterocycles. The maximum atomic E-state index is 11.9. The number of unbranched alkanes of at least 4 members (excludes halogenated alkanes) is 13. The Kier molecular flexibility index (Phi) is 27.4. The molecule has 4 heteroatoms. The third kappa shape index (κ3) is 24.1. The lowest BCUT2D eigenvalue weighted by atomic mass is 9.76. The molecule has 0 bridgehead atoms. The maximum Gasteiger partial charge on any atom is 0.306 e. The van der Waals surface area contributed by atoms with Crippen LogP contribution in [0.15, 0.2) is 0 Å². The molecule has 0 radical (unpaired) electrons. The van der Waals surface area contributed by atoms with Crippen LogP contribution in [0.2, 0.25) is 0 Å². The van der Waals surface area contributed by atoms with Crippen molar-refractivity contribution in [2.24, 2.45) is 5.41 Å². The molecule has 204 valence electrons. The van der Waals surface area contributed by atoms with Crippen LogP contribution < -0.4 is 0 Å². The van der Waals surface area contributed by atoms with Gasteiger partial charge in [0.1, 0.15) is 0 Å². The van der Waals surface area contributed by atoms with E-state index in [1.807, 2.05) is 0 Å². The van der Waals surface area contributed by atoms with Crippen molar-refractivity contribution in [3.05, 3.63) is 0 Å². The lowest BCUT2D eigenvalue weighted by Crippen LogP contribution is -2.28. The molecule has 0 amide bonds. The Labute approximate surface area is 213 Å². The molecule has 1 N–H and O–H groups in total. The largest absolute Gasteiger partial charge is 0.481 e. The molecular weight excluding hydrogens is 424 g/mol. The van der Waals surface area contributed by atoms with Crippen LogP contribution in [0, 0.1) is 5.41 Å². The Morgan fingerprint density at radius 2 is 1.03 bits per heavy atom. The van der Waals surface area contributed by atoms with Crippen molar-refractivity contribution in [3.63, 3.8) is 0 Å². The fraction of sp³-hybridized carbons (Fsp3) is 0.933. The van der Waals surface area contributed by atoms with Gasteiger partial charge in [-0.15, -0.1) is 0 Å². The number of rotatable bonds is 23. The molecule has 0 aliphatic carbocycles. The first kappa shape index (κ1) is 35.1. The van der Waals surface area contributed by atoms with Gasteiger partial charge in [-0.2, -0.15) is 0 Å². The smallest absolute Gasteiger partial charge is 0.306 e. The lowest BCUT2D eigenvalue weighted by Gasteiger charge is -2.32. The third-order valence-corrected chi connectivity index (χ3v) is 6.95. The zero-order valence-electron chi connectivity index (χ0n) is 23.7. The summed E-state index contributed by atoms with van der Waals surface area (Å²) in [6.45, 7) is 11.5. The molecule has 0 saturated carbocycles. The standard InChI is InChI=1S/C26H50O4.C4H10/c1-4-7-9-10-11-12-13-14-15-16-17-18-22-26(6-3,21-8-5-2)23-30-25(29)20-19-24(27)28;1-3-4-2/h4-23H2,1-3H3,(H,27,28);3-4H2,1-2H3. The number of hydrogen-bond acceptors (Lipinski definition) is 3. The topological polar surface area (TPSA) is 63.6 Å². The van der Waals surface area contributed by atoms with Gasteiger partial charge in [-0.25, -0.2) is 0 Å². The molecule has 0 aromatic heterocycles. The number of hydrogen-bond donors (Lipinski definition) is 1. The van der Waals surface area contributed by atoms with Gasteiger partial charge in [0.25, 0.3) is 0 Å². The van der Waals surface area contributed by atoms with E-state index in [9.17, 15) is 9.59 Å². The Morgan fingerprint density at radius 3 is 1.44 bits per heavy atom. The van der Waals surface area contributed by atoms with Gasteiger partial charge in [-0.05, 0) is 19.3 Å². The summed E-state index contributed by atoms with van der Waals surface area (Å²) in [7, 11) is 0. The molecule has 0 aromatic rings. The third-order valence-electron chi connectivity index (χ3n) is 6.95. The van der Waals surface area contributed by atoms with Crippen LogP contribution in [-0.4, -0.2) is 23.7 Å². The van der Waals surface area contributed by atoms with Crippen molar-refractivity contribution in [1.82, 2.24) is 0 Å². The quantitative estimate of drug-likeness (QED) is 0.116. The molecule has 1 unspecified atom stereocenters. The second-order valence-corrected chi connectivity index (χ2v) is 10.2. The number of carbonyl (C=O) groups is 2. The predicted molar refractivity (Wildman–Crippen MR) is 146 cm³/mol. The highest BCUT2D eigenvalue weighted by Crippen LogP contribution is 2.35. The van der Waals surface area contributed by atoms with Gasteiger partial charge in [0, 0.05) is 5.41 Å². The van der Waals surface area contributed by atoms with Crippen molar-refractivity contribution in [2.45, 2.75) is 169 Å². The van der Waals surface area contributed by atoms with Crippen LogP contribution in [0.1, 0.15) is 169 Å². The molecule has 0 rings (SSSR count). The van der Waals surface area contributed by atoms with Gasteiger partial charge >= 0.3 is 11.9 Å². The van der Waals surface area contributed by atoms with Gasteiger partial charge in [0.2, 0.25) is 0 Å². The van der Waals surface area contributed by atoms with E-state index in [-0.39, 0.29) is 24.2 Å². The fourth-order valence-corrected chi connectivity index (χ4v) is 4.13. The van der Waals surface area contributed by atoms with Crippen LogP contribution >= 0.6 is 0 Å². The highest BCUT2D eigenvalue weighted by Gasteiger charge is 2.29. The maximum absolute atomic E-state index is 11.9. The van der Waals surface area contributed by atoms with E-state index in [0.29, 0.717) is 6.61 Å². The van der Waals surface area contributed by atoms with Gasteiger partial charge in [0.05, 0.1) is 19.4 Å². The number of aliphatic carboxylic acids is 1. The average molecular weight is 485 g/mol. The number of carboxylic acid groups (broad SMARTS) is 1. The van der Waals surface area contributed by atoms with E-state index in [2.05, 4.69) is 34.6 Å². The summed E-state index contributed by atoms with van der Waals surface area (Å²) in [6.07, 6.45) is 24.1. The monoisotopic (exact) mass is 484 g/mol. The summed E-state index contributed by atoms with van der Waals surface area (Å²) in [4.78, 5) is 22.5. The molecule has 0 spiro atoms. The minimum absolute atomic E-state index is 0.0263. The Bertz CT molecular complexity index is 447. The van der Waals surface area contributed by atoms with Crippen LogP contribution in [0.25, 0.3) is 0 Å². The summed E-state index contributed by atoms with van der Waals surface area (Å²) in [5.74, 6) is -1.32. The second kappa shape index (κ2) is 26.5. The summed E-state index contributed by atoms with van der Waals surface area (Å²) in [5, 5.41) is 8.72. The molecule has 4 nitrogen and oxygen atoms in total. The first-order chi connectivity index (χ1) is 16.4. The minimum atomic E-state index is -0.948. The zero-order chi connectivity index (χ0) is 25.9. The van der Waals surface area contributed by atoms with E-state index >= 15 is 0 Å². The van der Waals surface area contributed by atoms with Crippen molar-refractivity contribution in [2.75, 3.05) is 6.61 Å². The molecule has 1 atom stereocenters. The normalized spacial score (nSPS) is 12.5. The Morgan fingerprint density at radius 1 is 0.588 bits per heavy atom. The van der Waals surface area contributed by atoms with E-state index in [0.717, 1.165) is 32.1 Å². The second-order valence-electron chi connectivity index (χ2n) is 10.2. The van der Waals surface area contributed by atoms with Crippen LogP contribution in [0.3, 0.4) is 0 Å². The zero-order valence-corrected chi connectivity index (χ0v) is 23.7. The first-order valence-electron chi connectivity index (χ1n) is 14.8. The average Bonchev–Trinajstić information content (AvgIpc) is 2.84. The molecule has 0 aromatic carbocycles. The molecule has 0 aliphatic heterocycles. The van der Waals surface area contributed by atoms with E-state index in [1.54, 1.807) is 0 Å². The number of carboxylic acids is 1. The summed E-state index contributed by atoms with van der Waals surface area (Å²) in [6, 6.07) is 0. The van der Waals surface area contributed by atoms with Gasteiger partial charge in [-0.3, -0.25) is 9.59 Å². The molecule has 34 heavy (non-hydrogen) atoms. The number of esters is 1. The van der Waals surface area contributed by atoms with Gasteiger partial charge in [-0.1, -0.05) is 137 Å². The number of carbonyl (C=O) groups excluding carboxylic acids is 1. The van der Waals surface area contributed by atoms with Gasteiger partial charge < -0.3 is 9.84 Å². The number of ether oxygens (including phenoxy) is 1. The predicted octanol–water partition coefficient (Wildman–Crippen LogP) is 9.88. The lowest BCUT2D eigenvalue weighted by molar-refractivity contribution is -0.151. The highest BCUT2D eigenvalue weighted by atomic mass is 16.5. The summed E-state index contributed by atoms with van der Waals surface area (Å²) in [5.41, 5.74) is 0.0629. The Hall–Kier alpha value is -1.06.